The molecule has 0 saturated heterocycles. The highest BCUT2D eigenvalue weighted by atomic mass is 19.4. The van der Waals surface area contributed by atoms with Crippen molar-refractivity contribution in [3.05, 3.63) is 53.6 Å². The fourth-order valence-electron chi connectivity index (χ4n) is 3.71. The van der Waals surface area contributed by atoms with Gasteiger partial charge in [0.1, 0.15) is 5.75 Å². The number of H-pyrrole nitrogens is 1. The summed E-state index contributed by atoms with van der Waals surface area (Å²) in [5, 5.41) is 20.7. The van der Waals surface area contributed by atoms with Crippen LogP contribution in [0.5, 0.6) is 5.75 Å². The molecule has 0 bridgehead atoms. The van der Waals surface area contributed by atoms with Crippen LogP contribution in [0.3, 0.4) is 0 Å². The molecule has 3 aromatic rings. The van der Waals surface area contributed by atoms with E-state index in [9.17, 15) is 13.2 Å². The largest absolute Gasteiger partial charge is 0.490 e. The second-order valence-electron chi connectivity index (χ2n) is 7.17. The van der Waals surface area contributed by atoms with Crippen molar-refractivity contribution in [3.8, 4) is 11.8 Å². The summed E-state index contributed by atoms with van der Waals surface area (Å²) < 4.78 is 45.1. The van der Waals surface area contributed by atoms with Gasteiger partial charge in [0, 0.05) is 11.4 Å². The third-order valence-corrected chi connectivity index (χ3v) is 5.21. The third kappa shape index (κ3) is 4.14. The SMILES string of the molecule is N#Cc1ccc(OC2CCC(Nc3n[nH]c4ccccc34)CC2)cc1C(F)(F)F. The van der Waals surface area contributed by atoms with Gasteiger partial charge >= 0.3 is 6.18 Å². The number of nitriles is 1. The van der Waals surface area contributed by atoms with Gasteiger partial charge in [-0.15, -0.1) is 0 Å². The maximum atomic E-state index is 13.1. The predicted octanol–water partition coefficient (Wildman–Crippen LogP) is 5.26. The van der Waals surface area contributed by atoms with E-state index in [1.807, 2.05) is 24.3 Å². The van der Waals surface area contributed by atoms with Gasteiger partial charge in [0.2, 0.25) is 0 Å². The maximum absolute atomic E-state index is 13.1. The molecule has 2 aromatic carbocycles. The molecule has 5 nitrogen and oxygen atoms in total. The van der Waals surface area contributed by atoms with Crippen molar-refractivity contribution in [3.63, 3.8) is 0 Å². The van der Waals surface area contributed by atoms with Gasteiger partial charge in [0.15, 0.2) is 5.82 Å². The van der Waals surface area contributed by atoms with Gasteiger partial charge in [-0.05, 0) is 56.0 Å². The van der Waals surface area contributed by atoms with E-state index in [0.717, 1.165) is 54.5 Å². The van der Waals surface area contributed by atoms with Gasteiger partial charge in [0.05, 0.1) is 28.8 Å². The summed E-state index contributed by atoms with van der Waals surface area (Å²) in [4.78, 5) is 0. The Morgan fingerprint density at radius 2 is 1.86 bits per heavy atom. The first-order valence-electron chi connectivity index (χ1n) is 9.41. The molecule has 1 aliphatic carbocycles. The number of halogens is 3. The quantitative estimate of drug-likeness (QED) is 0.627. The number of fused-ring (bicyclic) bond motifs is 1. The van der Waals surface area contributed by atoms with Gasteiger partial charge in [-0.2, -0.15) is 23.5 Å². The van der Waals surface area contributed by atoms with Crippen LogP contribution >= 0.6 is 0 Å². The Hall–Kier alpha value is -3.21. The van der Waals surface area contributed by atoms with Crippen molar-refractivity contribution < 1.29 is 17.9 Å². The number of nitrogens with one attached hydrogen (secondary N) is 2. The molecule has 29 heavy (non-hydrogen) atoms. The van der Waals surface area contributed by atoms with Crippen LogP contribution < -0.4 is 10.1 Å². The summed E-state index contributed by atoms with van der Waals surface area (Å²) in [7, 11) is 0. The molecular formula is C21H19F3N4O. The van der Waals surface area contributed by atoms with Crippen LogP contribution in [0.15, 0.2) is 42.5 Å². The summed E-state index contributed by atoms with van der Waals surface area (Å²) >= 11 is 0. The minimum Gasteiger partial charge on any atom is -0.490 e. The number of hydrogen-bond donors (Lipinski definition) is 2. The lowest BCUT2D eigenvalue weighted by atomic mass is 9.92. The van der Waals surface area contributed by atoms with Crippen LogP contribution in [0, 0.1) is 11.3 Å². The molecule has 1 saturated carbocycles. The molecule has 0 radical (unpaired) electrons. The van der Waals surface area contributed by atoms with E-state index in [1.54, 1.807) is 6.07 Å². The molecule has 0 unspecified atom stereocenters. The van der Waals surface area contributed by atoms with Gasteiger partial charge in [-0.25, -0.2) is 0 Å². The minimum atomic E-state index is -4.58. The summed E-state index contributed by atoms with van der Waals surface area (Å²) in [6, 6.07) is 13.2. The first-order chi connectivity index (χ1) is 13.9. The highest BCUT2D eigenvalue weighted by Gasteiger charge is 2.34. The Labute approximate surface area is 165 Å². The highest BCUT2D eigenvalue weighted by molar-refractivity contribution is 5.89. The average Bonchev–Trinajstić information content (AvgIpc) is 3.12. The normalized spacial score (nSPS) is 19.7. The maximum Gasteiger partial charge on any atom is 0.417 e. The Balaban J connectivity index is 1.37. The fourth-order valence-corrected chi connectivity index (χ4v) is 3.71. The van der Waals surface area contributed by atoms with Crippen molar-refractivity contribution in [2.45, 2.75) is 44.0 Å². The lowest BCUT2D eigenvalue weighted by Gasteiger charge is -2.29. The average molecular weight is 400 g/mol. The van der Waals surface area contributed by atoms with Crippen LogP contribution in [0.25, 0.3) is 10.9 Å². The lowest BCUT2D eigenvalue weighted by Crippen LogP contribution is -2.31. The predicted molar refractivity (Wildman–Crippen MR) is 103 cm³/mol. The number of nitrogens with zero attached hydrogens (tertiary/aromatic N) is 2. The van der Waals surface area contributed by atoms with E-state index >= 15 is 0 Å². The Bertz CT molecular complexity index is 1050. The number of alkyl halides is 3. The molecule has 0 aliphatic heterocycles. The molecule has 1 fully saturated rings. The molecule has 0 spiro atoms. The van der Waals surface area contributed by atoms with E-state index in [-0.39, 0.29) is 17.9 Å². The molecule has 0 amide bonds. The van der Waals surface area contributed by atoms with E-state index < -0.39 is 17.3 Å². The number of benzene rings is 2. The summed E-state index contributed by atoms with van der Waals surface area (Å²) in [5.74, 6) is 0.956. The molecule has 0 atom stereocenters. The second kappa shape index (κ2) is 7.66. The number of aromatic nitrogens is 2. The van der Waals surface area contributed by atoms with Crippen molar-refractivity contribution in [2.24, 2.45) is 0 Å². The van der Waals surface area contributed by atoms with Crippen LogP contribution in [-0.2, 0) is 6.18 Å². The molecule has 1 heterocycles. The Morgan fingerprint density at radius 3 is 2.59 bits per heavy atom. The lowest BCUT2D eigenvalue weighted by molar-refractivity contribution is -0.137. The van der Waals surface area contributed by atoms with E-state index in [0.29, 0.717) is 0 Å². The molecule has 1 aliphatic rings. The number of aromatic amines is 1. The number of hydrogen-bond acceptors (Lipinski definition) is 4. The van der Waals surface area contributed by atoms with Gasteiger partial charge in [-0.1, -0.05) is 12.1 Å². The first kappa shape index (κ1) is 19.1. The van der Waals surface area contributed by atoms with E-state index in [4.69, 9.17) is 10.00 Å². The number of rotatable bonds is 4. The smallest absolute Gasteiger partial charge is 0.417 e. The third-order valence-electron chi connectivity index (χ3n) is 5.21. The molecule has 150 valence electrons. The van der Waals surface area contributed by atoms with E-state index in [2.05, 4.69) is 15.5 Å². The van der Waals surface area contributed by atoms with Crippen molar-refractivity contribution in [1.82, 2.24) is 10.2 Å². The summed E-state index contributed by atoms with van der Waals surface area (Å²) in [6.07, 6.45) is -1.64. The highest BCUT2D eigenvalue weighted by Crippen LogP contribution is 2.35. The van der Waals surface area contributed by atoms with Crippen molar-refractivity contribution in [1.29, 1.82) is 5.26 Å². The van der Waals surface area contributed by atoms with Crippen LogP contribution in [0.2, 0.25) is 0 Å². The van der Waals surface area contributed by atoms with Crippen molar-refractivity contribution in [2.75, 3.05) is 5.32 Å². The summed E-state index contributed by atoms with van der Waals surface area (Å²) in [6.45, 7) is 0. The molecule has 4 rings (SSSR count). The fraction of sp³-hybridized carbons (Fsp3) is 0.333. The van der Waals surface area contributed by atoms with Crippen molar-refractivity contribution >= 4 is 16.7 Å². The number of para-hydroxylation sites is 1. The molecule has 1 aromatic heterocycles. The zero-order valence-electron chi connectivity index (χ0n) is 15.5. The van der Waals surface area contributed by atoms with E-state index in [1.165, 1.54) is 6.07 Å². The molecular weight excluding hydrogens is 381 g/mol. The molecule has 8 heteroatoms. The Kier molecular flexibility index (Phi) is 5.05. The zero-order valence-corrected chi connectivity index (χ0v) is 15.5. The first-order valence-corrected chi connectivity index (χ1v) is 9.41. The minimum absolute atomic E-state index is 0.144. The number of anilines is 1. The monoisotopic (exact) mass is 400 g/mol. The van der Waals surface area contributed by atoms with Crippen LogP contribution in [0.1, 0.15) is 36.8 Å². The second-order valence-corrected chi connectivity index (χ2v) is 7.17. The van der Waals surface area contributed by atoms with Gasteiger partial charge in [0.25, 0.3) is 0 Å². The topological polar surface area (TPSA) is 73.7 Å². The number of ether oxygens (including phenoxy) is 1. The standard InChI is InChI=1S/C21H19F3N4O/c22-21(23,24)18-11-16(8-5-13(18)12-25)29-15-9-6-14(7-10-15)26-20-17-3-1-2-4-19(17)27-28-20/h1-5,8,11,14-15H,6-7,9-10H2,(H2,26,27,28). The Morgan fingerprint density at radius 1 is 1.10 bits per heavy atom. The summed E-state index contributed by atoms with van der Waals surface area (Å²) in [5.41, 5.74) is -0.393. The van der Waals surface area contributed by atoms with Gasteiger partial charge < -0.3 is 10.1 Å². The van der Waals surface area contributed by atoms with Crippen LogP contribution in [-0.4, -0.2) is 22.3 Å². The van der Waals surface area contributed by atoms with Gasteiger partial charge in [-0.3, -0.25) is 5.10 Å². The zero-order chi connectivity index (χ0) is 20.4. The van der Waals surface area contributed by atoms with Crippen LogP contribution in [0.4, 0.5) is 19.0 Å². The molecule has 2 N–H and O–H groups in total.